The Kier molecular flexibility index (Phi) is 5.00. The van der Waals surface area contributed by atoms with E-state index in [2.05, 4.69) is 5.32 Å². The van der Waals surface area contributed by atoms with E-state index in [1.165, 1.54) is 20.0 Å². The van der Waals surface area contributed by atoms with Gasteiger partial charge in [0.05, 0.1) is 0 Å². The summed E-state index contributed by atoms with van der Waals surface area (Å²) in [6.07, 6.45) is 2.83. The van der Waals surface area contributed by atoms with Crippen LogP contribution in [-0.4, -0.2) is 17.7 Å². The number of carbonyl (C=O) groups excluding carboxylic acids is 2. The molecule has 5 nitrogen and oxygen atoms in total. The molecule has 0 unspecified atom stereocenters. The van der Waals surface area contributed by atoms with Crippen LogP contribution < -0.4 is 5.32 Å². The number of rotatable bonds is 4. The Labute approximate surface area is 140 Å². The maximum atomic E-state index is 12.0. The van der Waals surface area contributed by atoms with Crippen molar-refractivity contribution in [2.24, 2.45) is 0 Å². The van der Waals surface area contributed by atoms with Crippen LogP contribution in [0, 0.1) is 0 Å². The molecule has 1 aliphatic heterocycles. The minimum atomic E-state index is -1.25. The molecule has 23 heavy (non-hydrogen) atoms. The number of carbonyl (C=O) groups is 2. The van der Waals surface area contributed by atoms with Crippen molar-refractivity contribution in [3.8, 4) is 0 Å². The molecule has 0 bridgehead atoms. The lowest BCUT2D eigenvalue weighted by Gasteiger charge is -2.29. The summed E-state index contributed by atoms with van der Waals surface area (Å²) < 4.78 is 10.1. The Balaban J connectivity index is 2.35. The average molecular weight is 338 g/mol. The van der Waals surface area contributed by atoms with Gasteiger partial charge in [0.25, 0.3) is 5.79 Å². The zero-order valence-electron chi connectivity index (χ0n) is 13.7. The first-order valence-electron chi connectivity index (χ1n) is 7.52. The Morgan fingerprint density at radius 3 is 2.26 bits per heavy atom. The molecule has 0 aliphatic carbocycles. The van der Waals surface area contributed by atoms with Crippen LogP contribution in [0.3, 0.4) is 0 Å². The van der Waals surface area contributed by atoms with E-state index in [-0.39, 0.29) is 5.57 Å². The predicted octanol–water partition coefficient (Wildman–Crippen LogP) is 3.60. The molecule has 0 amide bonds. The summed E-state index contributed by atoms with van der Waals surface area (Å²) in [6.45, 7) is 7.03. The Hall–Kier alpha value is -2.01. The van der Waals surface area contributed by atoms with Crippen LogP contribution in [0.2, 0.25) is 5.02 Å². The van der Waals surface area contributed by atoms with Crippen LogP contribution in [0.1, 0.15) is 38.8 Å². The smallest absolute Gasteiger partial charge is 0.350 e. The summed E-state index contributed by atoms with van der Waals surface area (Å²) in [5, 5.41) is 3.67. The van der Waals surface area contributed by atoms with Crippen molar-refractivity contribution in [1.82, 2.24) is 0 Å². The summed E-state index contributed by atoms with van der Waals surface area (Å²) in [6, 6.07) is 3.77. The second kappa shape index (κ2) is 6.62. The molecule has 0 saturated carbocycles. The Morgan fingerprint density at radius 1 is 1.13 bits per heavy atom. The number of cyclic esters (lactones) is 2. The lowest BCUT2D eigenvalue weighted by Crippen LogP contribution is -2.42. The quantitative estimate of drug-likeness (QED) is 0.516. The van der Waals surface area contributed by atoms with E-state index in [4.69, 9.17) is 21.1 Å². The zero-order valence-corrected chi connectivity index (χ0v) is 14.4. The van der Waals surface area contributed by atoms with Crippen molar-refractivity contribution in [2.45, 2.75) is 46.3 Å². The fraction of sp³-hybridized carbons (Fsp3) is 0.412. The van der Waals surface area contributed by atoms with Gasteiger partial charge in [-0.15, -0.1) is 0 Å². The molecule has 1 fully saturated rings. The Morgan fingerprint density at radius 2 is 1.74 bits per heavy atom. The first-order chi connectivity index (χ1) is 10.8. The van der Waals surface area contributed by atoms with Gasteiger partial charge in [0.15, 0.2) is 5.57 Å². The van der Waals surface area contributed by atoms with Gasteiger partial charge >= 0.3 is 11.9 Å². The maximum absolute atomic E-state index is 12.0. The summed E-state index contributed by atoms with van der Waals surface area (Å²) in [5.41, 5.74) is 2.61. The fourth-order valence-electron chi connectivity index (χ4n) is 2.41. The molecule has 0 aromatic heterocycles. The normalized spacial score (nSPS) is 16.7. The number of hydrogen-bond donors (Lipinski definition) is 1. The van der Waals surface area contributed by atoms with Crippen molar-refractivity contribution in [3.05, 3.63) is 40.1 Å². The number of esters is 2. The number of hydrogen-bond acceptors (Lipinski definition) is 5. The zero-order chi connectivity index (χ0) is 17.2. The van der Waals surface area contributed by atoms with Crippen molar-refractivity contribution in [1.29, 1.82) is 0 Å². The summed E-state index contributed by atoms with van der Waals surface area (Å²) in [4.78, 5) is 23.9. The fourth-order valence-corrected chi connectivity index (χ4v) is 2.70. The number of ether oxygens (including phenoxy) is 2. The molecule has 1 aromatic carbocycles. The number of anilines is 1. The van der Waals surface area contributed by atoms with Crippen LogP contribution in [0.25, 0.3) is 0 Å². The van der Waals surface area contributed by atoms with Gasteiger partial charge in [0.2, 0.25) is 0 Å². The van der Waals surface area contributed by atoms with E-state index in [1.807, 2.05) is 26.0 Å². The molecule has 2 rings (SSSR count). The molecule has 0 spiro atoms. The van der Waals surface area contributed by atoms with Gasteiger partial charge in [0.1, 0.15) is 0 Å². The summed E-state index contributed by atoms with van der Waals surface area (Å²) in [5.74, 6) is -2.67. The largest absolute Gasteiger partial charge is 0.419 e. The molecular formula is C17H20ClNO4. The monoisotopic (exact) mass is 337 g/mol. The molecule has 1 heterocycles. The van der Waals surface area contributed by atoms with E-state index in [0.717, 1.165) is 29.7 Å². The van der Waals surface area contributed by atoms with Gasteiger partial charge in [-0.25, -0.2) is 9.59 Å². The first-order valence-corrected chi connectivity index (χ1v) is 7.90. The van der Waals surface area contributed by atoms with Gasteiger partial charge in [0, 0.05) is 30.8 Å². The molecule has 1 N–H and O–H groups in total. The van der Waals surface area contributed by atoms with E-state index < -0.39 is 17.7 Å². The minimum Gasteiger partial charge on any atom is -0.419 e. The van der Waals surface area contributed by atoms with Crippen LogP contribution in [0.5, 0.6) is 0 Å². The topological polar surface area (TPSA) is 64.6 Å². The molecule has 124 valence electrons. The third-order valence-corrected chi connectivity index (χ3v) is 3.91. The van der Waals surface area contributed by atoms with Crippen molar-refractivity contribution < 1.29 is 19.1 Å². The van der Waals surface area contributed by atoms with Crippen LogP contribution >= 0.6 is 11.6 Å². The summed E-state index contributed by atoms with van der Waals surface area (Å²) >= 11 is 6.23. The standard InChI is InChI=1S/C17H20ClNO4/c1-5-10-7-8-13(18)11(6-2)14(10)19-9-12-15(20)22-17(3,4)23-16(12)21/h7-9,19H,5-6H2,1-4H3. The summed E-state index contributed by atoms with van der Waals surface area (Å²) in [7, 11) is 0. The van der Waals surface area contributed by atoms with Gasteiger partial charge in [-0.1, -0.05) is 31.5 Å². The minimum absolute atomic E-state index is 0.173. The Bertz CT molecular complexity index is 657. The number of nitrogens with one attached hydrogen (secondary N) is 1. The second-order valence-corrected chi connectivity index (χ2v) is 6.06. The third-order valence-electron chi connectivity index (χ3n) is 3.55. The lowest BCUT2D eigenvalue weighted by atomic mass is 10.0. The molecule has 1 aliphatic rings. The highest BCUT2D eigenvalue weighted by Crippen LogP contribution is 2.30. The van der Waals surface area contributed by atoms with Gasteiger partial charge < -0.3 is 14.8 Å². The molecule has 1 aromatic rings. The van der Waals surface area contributed by atoms with Gasteiger partial charge in [-0.3, -0.25) is 0 Å². The highest BCUT2D eigenvalue weighted by Gasteiger charge is 2.39. The number of aryl methyl sites for hydroxylation is 1. The van der Waals surface area contributed by atoms with E-state index in [1.54, 1.807) is 0 Å². The second-order valence-electron chi connectivity index (χ2n) is 5.65. The lowest BCUT2D eigenvalue weighted by molar-refractivity contribution is -0.222. The average Bonchev–Trinajstić information content (AvgIpc) is 2.45. The highest BCUT2D eigenvalue weighted by molar-refractivity contribution is 6.31. The van der Waals surface area contributed by atoms with Gasteiger partial charge in [-0.05, 0) is 30.0 Å². The highest BCUT2D eigenvalue weighted by atomic mass is 35.5. The number of halogens is 1. The SMILES string of the molecule is CCc1ccc(Cl)c(CC)c1NC=C1C(=O)OC(C)(C)OC1=O. The molecule has 0 radical (unpaired) electrons. The number of benzene rings is 1. The molecular weight excluding hydrogens is 318 g/mol. The van der Waals surface area contributed by atoms with Crippen LogP contribution in [0.4, 0.5) is 5.69 Å². The van der Waals surface area contributed by atoms with E-state index in [0.29, 0.717) is 5.02 Å². The van der Waals surface area contributed by atoms with E-state index in [9.17, 15) is 9.59 Å². The third kappa shape index (κ3) is 3.67. The van der Waals surface area contributed by atoms with Crippen LogP contribution in [0.15, 0.2) is 23.9 Å². The molecule has 1 saturated heterocycles. The van der Waals surface area contributed by atoms with Crippen molar-refractivity contribution in [2.75, 3.05) is 5.32 Å². The van der Waals surface area contributed by atoms with Gasteiger partial charge in [-0.2, -0.15) is 0 Å². The maximum Gasteiger partial charge on any atom is 0.350 e. The first kappa shape index (κ1) is 17.3. The molecule has 0 atom stereocenters. The van der Waals surface area contributed by atoms with Crippen molar-refractivity contribution in [3.63, 3.8) is 0 Å². The van der Waals surface area contributed by atoms with Crippen LogP contribution in [-0.2, 0) is 31.9 Å². The predicted molar refractivity (Wildman–Crippen MR) is 88.2 cm³/mol. The van der Waals surface area contributed by atoms with E-state index >= 15 is 0 Å². The molecule has 6 heteroatoms. The van der Waals surface area contributed by atoms with Crippen molar-refractivity contribution >= 4 is 29.2 Å².